The van der Waals surface area contributed by atoms with Crippen molar-refractivity contribution in [3.05, 3.63) is 95.4 Å². The van der Waals surface area contributed by atoms with Crippen LogP contribution < -0.4 is 5.32 Å². The molecule has 3 rings (SSSR count). The molecular formula is C19H14N2O2. The minimum Gasteiger partial charge on any atom is -0.467 e. The van der Waals surface area contributed by atoms with E-state index in [1.165, 1.54) is 0 Å². The lowest BCUT2D eigenvalue weighted by molar-refractivity contribution is 0.0939. The van der Waals surface area contributed by atoms with Gasteiger partial charge in [-0.2, -0.15) is 5.26 Å². The second-order valence-electron chi connectivity index (χ2n) is 5.03. The van der Waals surface area contributed by atoms with Crippen LogP contribution in [-0.4, -0.2) is 5.91 Å². The van der Waals surface area contributed by atoms with Crippen molar-refractivity contribution in [1.82, 2.24) is 5.32 Å². The fourth-order valence-electron chi connectivity index (χ4n) is 2.36. The molecule has 4 heteroatoms. The summed E-state index contributed by atoms with van der Waals surface area (Å²) in [7, 11) is 0. The van der Waals surface area contributed by atoms with Gasteiger partial charge in [-0.15, -0.1) is 0 Å². The van der Waals surface area contributed by atoms with E-state index in [0.29, 0.717) is 16.9 Å². The zero-order valence-electron chi connectivity index (χ0n) is 12.3. The summed E-state index contributed by atoms with van der Waals surface area (Å²) in [6.07, 6.45) is 1.58. The predicted octanol–water partition coefficient (Wildman–Crippen LogP) is 3.67. The number of carbonyl (C=O) groups excluding carboxylic acids is 1. The molecule has 112 valence electrons. The van der Waals surface area contributed by atoms with E-state index in [0.717, 1.165) is 5.56 Å². The lowest BCUT2D eigenvalue weighted by Crippen LogP contribution is -2.29. The topological polar surface area (TPSA) is 66.0 Å². The Morgan fingerprint density at radius 3 is 2.57 bits per heavy atom. The fraction of sp³-hybridized carbons (Fsp3) is 0.0526. The van der Waals surface area contributed by atoms with Crippen LogP contribution in [0.5, 0.6) is 0 Å². The minimum absolute atomic E-state index is 0.257. The molecule has 0 bridgehead atoms. The van der Waals surface area contributed by atoms with Gasteiger partial charge < -0.3 is 9.73 Å². The minimum atomic E-state index is -0.385. The van der Waals surface area contributed by atoms with E-state index in [4.69, 9.17) is 9.68 Å². The second-order valence-corrected chi connectivity index (χ2v) is 5.03. The van der Waals surface area contributed by atoms with Crippen molar-refractivity contribution >= 4 is 5.91 Å². The summed E-state index contributed by atoms with van der Waals surface area (Å²) in [5, 5.41) is 11.9. The summed E-state index contributed by atoms with van der Waals surface area (Å²) in [5.74, 6) is 0.397. The highest BCUT2D eigenvalue weighted by molar-refractivity contribution is 5.95. The molecule has 1 heterocycles. The molecule has 0 unspecified atom stereocenters. The summed E-state index contributed by atoms with van der Waals surface area (Å²) < 4.78 is 5.46. The Balaban J connectivity index is 1.90. The molecule has 0 fully saturated rings. The fourth-order valence-corrected chi connectivity index (χ4v) is 2.36. The molecule has 0 radical (unpaired) electrons. The number of nitriles is 1. The third-order valence-corrected chi connectivity index (χ3v) is 3.49. The van der Waals surface area contributed by atoms with Gasteiger partial charge in [0.05, 0.1) is 17.9 Å². The van der Waals surface area contributed by atoms with Crippen molar-refractivity contribution in [2.45, 2.75) is 6.04 Å². The Morgan fingerprint density at radius 2 is 1.87 bits per heavy atom. The van der Waals surface area contributed by atoms with E-state index in [1.807, 2.05) is 42.5 Å². The first-order chi connectivity index (χ1) is 11.3. The number of rotatable bonds is 4. The lowest BCUT2D eigenvalue weighted by Gasteiger charge is -2.17. The summed E-state index contributed by atoms with van der Waals surface area (Å²) in [4.78, 5) is 12.5. The van der Waals surface area contributed by atoms with Crippen molar-refractivity contribution in [3.63, 3.8) is 0 Å². The van der Waals surface area contributed by atoms with Crippen LogP contribution in [-0.2, 0) is 0 Å². The van der Waals surface area contributed by atoms with Gasteiger partial charge in [-0.25, -0.2) is 0 Å². The molecule has 4 nitrogen and oxygen atoms in total. The molecule has 23 heavy (non-hydrogen) atoms. The van der Waals surface area contributed by atoms with Crippen LogP contribution >= 0.6 is 0 Å². The van der Waals surface area contributed by atoms with E-state index < -0.39 is 0 Å². The number of carbonyl (C=O) groups is 1. The maximum absolute atomic E-state index is 12.5. The van der Waals surface area contributed by atoms with Crippen molar-refractivity contribution in [3.8, 4) is 6.07 Å². The van der Waals surface area contributed by atoms with Gasteiger partial charge in [0.25, 0.3) is 5.91 Å². The van der Waals surface area contributed by atoms with Gasteiger partial charge in [-0.05, 0) is 35.9 Å². The number of furan rings is 1. The van der Waals surface area contributed by atoms with Crippen molar-refractivity contribution in [2.75, 3.05) is 0 Å². The van der Waals surface area contributed by atoms with Gasteiger partial charge in [0.15, 0.2) is 0 Å². The zero-order valence-corrected chi connectivity index (χ0v) is 12.3. The molecule has 0 aliphatic heterocycles. The standard InChI is InChI=1S/C19H14N2O2/c20-13-14-6-4-9-16(12-14)19(22)21-18(17-10-5-11-23-17)15-7-2-1-3-8-15/h1-12,18H,(H,21,22)/t18-/m0/s1. The Hall–Kier alpha value is -3.32. The number of benzene rings is 2. The van der Waals surface area contributed by atoms with Crippen molar-refractivity contribution in [2.24, 2.45) is 0 Å². The van der Waals surface area contributed by atoms with Gasteiger partial charge in [-0.3, -0.25) is 4.79 Å². The van der Waals surface area contributed by atoms with E-state index in [9.17, 15) is 4.79 Å². The maximum Gasteiger partial charge on any atom is 0.252 e. The normalized spacial score (nSPS) is 11.4. The Kier molecular flexibility index (Phi) is 4.21. The van der Waals surface area contributed by atoms with Crippen LogP contribution in [0.25, 0.3) is 0 Å². The van der Waals surface area contributed by atoms with Crippen LogP contribution in [0.1, 0.15) is 33.3 Å². The summed E-state index contributed by atoms with van der Waals surface area (Å²) in [6.45, 7) is 0. The molecule has 0 saturated carbocycles. The quantitative estimate of drug-likeness (QED) is 0.799. The highest BCUT2D eigenvalue weighted by atomic mass is 16.3. The average Bonchev–Trinajstić information content (AvgIpc) is 3.14. The van der Waals surface area contributed by atoms with Crippen LogP contribution in [0.4, 0.5) is 0 Å². The number of nitrogens with one attached hydrogen (secondary N) is 1. The summed E-state index contributed by atoms with van der Waals surface area (Å²) in [6, 6.07) is 21.5. The highest BCUT2D eigenvalue weighted by Crippen LogP contribution is 2.23. The van der Waals surface area contributed by atoms with E-state index in [-0.39, 0.29) is 11.9 Å². The van der Waals surface area contributed by atoms with Crippen LogP contribution in [0, 0.1) is 11.3 Å². The second kappa shape index (κ2) is 6.63. The van der Waals surface area contributed by atoms with Gasteiger partial charge in [0.1, 0.15) is 11.8 Å². The van der Waals surface area contributed by atoms with Crippen LogP contribution in [0.2, 0.25) is 0 Å². The molecule has 0 aliphatic rings. The SMILES string of the molecule is N#Cc1cccc(C(=O)N[C@@H](c2ccccc2)c2ccco2)c1. The Bertz CT molecular complexity index is 833. The summed E-state index contributed by atoms with van der Waals surface area (Å²) >= 11 is 0. The highest BCUT2D eigenvalue weighted by Gasteiger charge is 2.20. The first-order valence-electron chi connectivity index (χ1n) is 7.17. The van der Waals surface area contributed by atoms with Crippen molar-refractivity contribution < 1.29 is 9.21 Å². The first kappa shape index (κ1) is 14.6. The van der Waals surface area contributed by atoms with Gasteiger partial charge in [0, 0.05) is 5.56 Å². The van der Waals surface area contributed by atoms with Gasteiger partial charge in [-0.1, -0.05) is 36.4 Å². The summed E-state index contributed by atoms with van der Waals surface area (Å²) in [5.41, 5.74) is 1.82. The molecule has 3 aromatic rings. The molecule has 0 saturated heterocycles. The lowest BCUT2D eigenvalue weighted by atomic mass is 10.0. The van der Waals surface area contributed by atoms with Gasteiger partial charge >= 0.3 is 0 Å². The molecule has 1 atom stereocenters. The third kappa shape index (κ3) is 3.30. The Morgan fingerprint density at radius 1 is 1.04 bits per heavy atom. The van der Waals surface area contributed by atoms with Crippen molar-refractivity contribution in [1.29, 1.82) is 5.26 Å². The number of amides is 1. The number of nitrogens with zero attached hydrogens (tertiary/aromatic N) is 1. The molecule has 1 amide bonds. The van der Waals surface area contributed by atoms with Gasteiger partial charge in [0.2, 0.25) is 0 Å². The van der Waals surface area contributed by atoms with Crippen LogP contribution in [0.3, 0.4) is 0 Å². The maximum atomic E-state index is 12.5. The molecular weight excluding hydrogens is 288 g/mol. The third-order valence-electron chi connectivity index (χ3n) is 3.49. The number of hydrogen-bond donors (Lipinski definition) is 1. The largest absolute Gasteiger partial charge is 0.467 e. The average molecular weight is 302 g/mol. The molecule has 0 spiro atoms. The van der Waals surface area contributed by atoms with E-state index in [1.54, 1.807) is 36.6 Å². The predicted molar refractivity (Wildman–Crippen MR) is 85.6 cm³/mol. The van der Waals surface area contributed by atoms with Crippen LogP contribution in [0.15, 0.2) is 77.4 Å². The molecule has 1 aromatic heterocycles. The molecule has 1 N–H and O–H groups in total. The molecule has 2 aromatic carbocycles. The zero-order chi connectivity index (χ0) is 16.1. The Labute approximate surface area is 134 Å². The smallest absolute Gasteiger partial charge is 0.252 e. The first-order valence-corrected chi connectivity index (χ1v) is 7.17. The van der Waals surface area contributed by atoms with E-state index >= 15 is 0 Å². The van der Waals surface area contributed by atoms with E-state index in [2.05, 4.69) is 5.32 Å². The number of hydrogen-bond acceptors (Lipinski definition) is 3. The monoisotopic (exact) mass is 302 g/mol. The molecule has 0 aliphatic carbocycles.